The number of hydrogen-bond acceptors (Lipinski definition) is 1. The van der Waals surface area contributed by atoms with Gasteiger partial charge >= 0.3 is 0 Å². The number of allylic oxidation sites excluding steroid dienone is 2. The summed E-state index contributed by atoms with van der Waals surface area (Å²) in [5, 5.41) is 8.83. The Hall–Kier alpha value is -0.560. The SMILES string of the molecule is C=C1CCCC(C)(C)C1CCC(C)=CCO. The van der Waals surface area contributed by atoms with Gasteiger partial charge in [-0.15, -0.1) is 0 Å². The first kappa shape index (κ1) is 13.5. The summed E-state index contributed by atoms with van der Waals surface area (Å²) in [4.78, 5) is 0. The number of aliphatic hydroxyl groups is 1. The summed E-state index contributed by atoms with van der Waals surface area (Å²) in [5.74, 6) is 0.656. The lowest BCUT2D eigenvalue weighted by atomic mass is 9.65. The molecule has 0 aromatic rings. The van der Waals surface area contributed by atoms with E-state index in [9.17, 15) is 0 Å². The number of aliphatic hydroxyl groups excluding tert-OH is 1. The molecule has 92 valence electrons. The molecule has 0 aromatic heterocycles. The van der Waals surface area contributed by atoms with Gasteiger partial charge in [0.25, 0.3) is 0 Å². The zero-order valence-electron chi connectivity index (χ0n) is 11.1. The van der Waals surface area contributed by atoms with Crippen LogP contribution in [0.15, 0.2) is 23.8 Å². The van der Waals surface area contributed by atoms with Gasteiger partial charge in [0.05, 0.1) is 6.61 Å². The van der Waals surface area contributed by atoms with E-state index in [-0.39, 0.29) is 6.61 Å². The maximum atomic E-state index is 8.83. The van der Waals surface area contributed by atoms with Crippen molar-refractivity contribution in [3.8, 4) is 0 Å². The predicted octanol–water partition coefficient (Wildman–Crippen LogP) is 4.09. The van der Waals surface area contributed by atoms with Gasteiger partial charge in [-0.05, 0) is 50.4 Å². The molecule has 0 aliphatic heterocycles. The first-order chi connectivity index (χ1) is 7.47. The van der Waals surface area contributed by atoms with Crippen molar-refractivity contribution in [1.82, 2.24) is 0 Å². The van der Waals surface area contributed by atoms with Crippen LogP contribution in [0.3, 0.4) is 0 Å². The van der Waals surface area contributed by atoms with Gasteiger partial charge in [0.1, 0.15) is 0 Å². The highest BCUT2D eigenvalue weighted by Crippen LogP contribution is 2.45. The van der Waals surface area contributed by atoms with Crippen molar-refractivity contribution in [3.63, 3.8) is 0 Å². The fraction of sp³-hybridized carbons (Fsp3) is 0.733. The zero-order chi connectivity index (χ0) is 12.2. The molecule has 0 aromatic carbocycles. The van der Waals surface area contributed by atoms with Crippen LogP contribution in [-0.4, -0.2) is 11.7 Å². The fourth-order valence-electron chi connectivity index (χ4n) is 2.90. The first-order valence-electron chi connectivity index (χ1n) is 6.41. The lowest BCUT2D eigenvalue weighted by Gasteiger charge is -2.40. The van der Waals surface area contributed by atoms with Gasteiger partial charge in [-0.25, -0.2) is 0 Å². The van der Waals surface area contributed by atoms with Crippen LogP contribution in [0.4, 0.5) is 0 Å². The third-order valence-corrected chi connectivity index (χ3v) is 4.02. The average molecular weight is 222 g/mol. The normalized spacial score (nSPS) is 25.9. The quantitative estimate of drug-likeness (QED) is 0.710. The van der Waals surface area contributed by atoms with Crippen LogP contribution in [0.25, 0.3) is 0 Å². The van der Waals surface area contributed by atoms with E-state index in [1.165, 1.54) is 36.8 Å². The van der Waals surface area contributed by atoms with Crippen molar-refractivity contribution >= 4 is 0 Å². The summed E-state index contributed by atoms with van der Waals surface area (Å²) in [6.07, 6.45) is 8.02. The molecule has 16 heavy (non-hydrogen) atoms. The van der Waals surface area contributed by atoms with Gasteiger partial charge in [0.2, 0.25) is 0 Å². The largest absolute Gasteiger partial charge is 0.392 e. The highest BCUT2D eigenvalue weighted by Gasteiger charge is 2.33. The monoisotopic (exact) mass is 222 g/mol. The molecular weight excluding hydrogens is 196 g/mol. The molecule has 0 heterocycles. The van der Waals surface area contributed by atoms with Crippen molar-refractivity contribution in [2.75, 3.05) is 6.61 Å². The van der Waals surface area contributed by atoms with Crippen LogP contribution >= 0.6 is 0 Å². The molecule has 1 aliphatic rings. The first-order valence-corrected chi connectivity index (χ1v) is 6.41. The van der Waals surface area contributed by atoms with E-state index in [1.54, 1.807) is 0 Å². The molecule has 1 saturated carbocycles. The van der Waals surface area contributed by atoms with Crippen molar-refractivity contribution in [1.29, 1.82) is 0 Å². The van der Waals surface area contributed by atoms with Gasteiger partial charge in [-0.1, -0.05) is 37.6 Å². The maximum Gasteiger partial charge on any atom is 0.0614 e. The molecule has 1 heteroatoms. The highest BCUT2D eigenvalue weighted by molar-refractivity contribution is 5.10. The van der Waals surface area contributed by atoms with Gasteiger partial charge in [0, 0.05) is 0 Å². The van der Waals surface area contributed by atoms with E-state index in [0.717, 1.165) is 6.42 Å². The second kappa shape index (κ2) is 5.67. The average Bonchev–Trinajstić information content (AvgIpc) is 2.16. The van der Waals surface area contributed by atoms with Crippen LogP contribution in [0, 0.1) is 11.3 Å². The van der Waals surface area contributed by atoms with Crippen LogP contribution in [0.2, 0.25) is 0 Å². The van der Waals surface area contributed by atoms with Crippen molar-refractivity contribution in [2.24, 2.45) is 11.3 Å². The van der Waals surface area contributed by atoms with Crippen LogP contribution in [0.5, 0.6) is 0 Å². The van der Waals surface area contributed by atoms with Gasteiger partial charge in [-0.3, -0.25) is 0 Å². The molecule has 0 saturated heterocycles. The van der Waals surface area contributed by atoms with E-state index < -0.39 is 0 Å². The Balaban J connectivity index is 2.56. The Morgan fingerprint density at radius 1 is 1.56 bits per heavy atom. The van der Waals surface area contributed by atoms with Gasteiger partial charge in [-0.2, -0.15) is 0 Å². The molecule has 1 N–H and O–H groups in total. The Kier molecular flexibility index (Phi) is 4.79. The molecule has 1 unspecified atom stereocenters. The Bertz CT molecular complexity index is 273. The van der Waals surface area contributed by atoms with E-state index in [1.807, 2.05) is 6.08 Å². The number of rotatable bonds is 4. The molecule has 1 rings (SSSR count). The fourth-order valence-corrected chi connectivity index (χ4v) is 2.90. The molecule has 0 radical (unpaired) electrons. The van der Waals surface area contributed by atoms with E-state index in [0.29, 0.717) is 11.3 Å². The Morgan fingerprint density at radius 2 is 2.25 bits per heavy atom. The van der Waals surface area contributed by atoms with Crippen LogP contribution in [-0.2, 0) is 0 Å². The minimum absolute atomic E-state index is 0.167. The minimum atomic E-state index is 0.167. The van der Waals surface area contributed by atoms with E-state index >= 15 is 0 Å². The molecule has 1 fully saturated rings. The van der Waals surface area contributed by atoms with Crippen LogP contribution in [0.1, 0.15) is 52.9 Å². The van der Waals surface area contributed by atoms with Crippen molar-refractivity contribution in [3.05, 3.63) is 23.8 Å². The molecule has 1 nitrogen and oxygen atoms in total. The zero-order valence-corrected chi connectivity index (χ0v) is 11.1. The van der Waals surface area contributed by atoms with E-state index in [4.69, 9.17) is 5.11 Å². The molecule has 0 amide bonds. The van der Waals surface area contributed by atoms with Gasteiger partial charge < -0.3 is 5.11 Å². The van der Waals surface area contributed by atoms with E-state index in [2.05, 4.69) is 27.4 Å². The second-order valence-corrected chi connectivity index (χ2v) is 5.82. The van der Waals surface area contributed by atoms with Crippen molar-refractivity contribution in [2.45, 2.75) is 52.9 Å². The highest BCUT2D eigenvalue weighted by atomic mass is 16.2. The summed E-state index contributed by atoms with van der Waals surface area (Å²) in [5.41, 5.74) is 3.15. The Morgan fingerprint density at radius 3 is 2.81 bits per heavy atom. The van der Waals surface area contributed by atoms with Crippen molar-refractivity contribution < 1.29 is 5.11 Å². The molecule has 0 spiro atoms. The summed E-state index contributed by atoms with van der Waals surface area (Å²) >= 11 is 0. The van der Waals surface area contributed by atoms with Gasteiger partial charge in [0.15, 0.2) is 0 Å². The second-order valence-electron chi connectivity index (χ2n) is 5.82. The lowest BCUT2D eigenvalue weighted by Crippen LogP contribution is -2.29. The third-order valence-electron chi connectivity index (χ3n) is 4.02. The standard InChI is InChI=1S/C15H26O/c1-12(9-11-16)7-8-14-13(2)6-5-10-15(14,3)4/h9,14,16H,2,5-8,10-11H2,1,3-4H3. The summed E-state index contributed by atoms with van der Waals surface area (Å²) in [7, 11) is 0. The number of hydrogen-bond donors (Lipinski definition) is 1. The summed E-state index contributed by atoms with van der Waals surface area (Å²) in [6.45, 7) is 11.3. The molecule has 1 aliphatic carbocycles. The predicted molar refractivity (Wildman–Crippen MR) is 70.3 cm³/mol. The minimum Gasteiger partial charge on any atom is -0.392 e. The molecular formula is C15H26O. The summed E-state index contributed by atoms with van der Waals surface area (Å²) < 4.78 is 0. The lowest BCUT2D eigenvalue weighted by molar-refractivity contribution is 0.180. The topological polar surface area (TPSA) is 20.2 Å². The Labute approximate surface area is 100 Å². The third kappa shape index (κ3) is 3.48. The molecule has 0 bridgehead atoms. The smallest absolute Gasteiger partial charge is 0.0614 e. The molecule has 1 atom stereocenters. The van der Waals surface area contributed by atoms with Crippen LogP contribution < -0.4 is 0 Å². The summed E-state index contributed by atoms with van der Waals surface area (Å²) in [6, 6.07) is 0. The maximum absolute atomic E-state index is 8.83.